The molecule has 2 N–H and O–H groups in total. The highest BCUT2D eigenvalue weighted by Gasteiger charge is 2.11. The van der Waals surface area contributed by atoms with E-state index in [1.54, 1.807) is 11.1 Å². The van der Waals surface area contributed by atoms with Crippen molar-refractivity contribution < 1.29 is 0 Å². The molecule has 1 nitrogen and oxygen atoms in total. The van der Waals surface area contributed by atoms with Gasteiger partial charge in [0, 0.05) is 16.3 Å². The van der Waals surface area contributed by atoms with E-state index in [2.05, 4.69) is 37.3 Å². The van der Waals surface area contributed by atoms with Crippen LogP contribution in [0.2, 0.25) is 0 Å². The third-order valence-electron chi connectivity index (χ3n) is 3.77. The van der Waals surface area contributed by atoms with Gasteiger partial charge in [0.1, 0.15) is 0 Å². The topological polar surface area (TPSA) is 26.0 Å². The lowest BCUT2D eigenvalue weighted by atomic mass is 10.1. The van der Waals surface area contributed by atoms with Crippen LogP contribution in [0, 0.1) is 6.92 Å². The zero-order valence-electron chi connectivity index (χ0n) is 11.3. The second-order valence-electron chi connectivity index (χ2n) is 5.27. The van der Waals surface area contributed by atoms with Gasteiger partial charge < -0.3 is 5.73 Å². The molecule has 19 heavy (non-hydrogen) atoms. The first-order chi connectivity index (χ1) is 9.22. The van der Waals surface area contributed by atoms with Gasteiger partial charge in [-0.3, -0.25) is 0 Å². The molecule has 0 radical (unpaired) electrons. The summed E-state index contributed by atoms with van der Waals surface area (Å²) in [5.41, 5.74) is 12.5. The van der Waals surface area contributed by atoms with E-state index in [0.717, 1.165) is 11.4 Å². The van der Waals surface area contributed by atoms with Gasteiger partial charge in [-0.05, 0) is 60.6 Å². The molecule has 1 aliphatic rings. The van der Waals surface area contributed by atoms with Crippen LogP contribution in [-0.4, -0.2) is 0 Å². The summed E-state index contributed by atoms with van der Waals surface area (Å²) in [6, 6.07) is 13.1. The summed E-state index contributed by atoms with van der Waals surface area (Å²) in [7, 11) is 0. The molecular weight excluding hydrogens is 250 g/mol. The zero-order valence-corrected chi connectivity index (χ0v) is 12.1. The Hall–Kier alpha value is -1.41. The van der Waals surface area contributed by atoms with Gasteiger partial charge in [0.25, 0.3) is 0 Å². The van der Waals surface area contributed by atoms with E-state index < -0.39 is 0 Å². The Morgan fingerprint density at radius 1 is 1.05 bits per heavy atom. The van der Waals surface area contributed by atoms with E-state index in [-0.39, 0.29) is 0 Å². The lowest BCUT2D eigenvalue weighted by molar-refractivity contribution is 0.911. The van der Waals surface area contributed by atoms with Gasteiger partial charge in [0.05, 0.1) is 0 Å². The third-order valence-corrected chi connectivity index (χ3v) is 5.00. The fourth-order valence-corrected chi connectivity index (χ4v) is 3.67. The summed E-state index contributed by atoms with van der Waals surface area (Å²) in [6.45, 7) is 2.14. The highest BCUT2D eigenvalue weighted by atomic mass is 32.2. The quantitative estimate of drug-likeness (QED) is 0.662. The van der Waals surface area contributed by atoms with Crippen molar-refractivity contribution in [2.75, 3.05) is 5.73 Å². The van der Waals surface area contributed by atoms with Crippen molar-refractivity contribution in [1.82, 2.24) is 0 Å². The Morgan fingerprint density at radius 3 is 2.79 bits per heavy atom. The SMILES string of the molecule is Cc1ccc(N)cc1SCc1ccc2c(c1)CCC2. The number of rotatable bonds is 3. The van der Waals surface area contributed by atoms with Crippen molar-refractivity contribution in [3.63, 3.8) is 0 Å². The summed E-state index contributed by atoms with van der Waals surface area (Å²) < 4.78 is 0. The smallest absolute Gasteiger partial charge is 0.0325 e. The van der Waals surface area contributed by atoms with E-state index in [1.165, 1.54) is 35.3 Å². The lowest BCUT2D eigenvalue weighted by Crippen LogP contribution is -1.89. The number of thioether (sulfide) groups is 1. The average molecular weight is 269 g/mol. The van der Waals surface area contributed by atoms with Gasteiger partial charge >= 0.3 is 0 Å². The normalized spacial score (nSPS) is 13.5. The van der Waals surface area contributed by atoms with Crippen molar-refractivity contribution >= 4 is 17.4 Å². The van der Waals surface area contributed by atoms with E-state index in [0.29, 0.717) is 0 Å². The fraction of sp³-hybridized carbons (Fsp3) is 0.294. The summed E-state index contributed by atoms with van der Waals surface area (Å²) >= 11 is 1.88. The first-order valence-corrected chi connectivity index (χ1v) is 7.80. The van der Waals surface area contributed by atoms with Crippen LogP contribution >= 0.6 is 11.8 Å². The Morgan fingerprint density at radius 2 is 1.89 bits per heavy atom. The molecule has 3 rings (SSSR count). The maximum absolute atomic E-state index is 5.86. The summed E-state index contributed by atoms with van der Waals surface area (Å²) in [5, 5.41) is 0. The number of nitrogen functional groups attached to an aromatic ring is 1. The predicted molar refractivity (Wildman–Crippen MR) is 83.6 cm³/mol. The number of hydrogen-bond acceptors (Lipinski definition) is 2. The number of nitrogens with two attached hydrogens (primary N) is 1. The predicted octanol–water partition coefficient (Wildman–Crippen LogP) is 4.36. The van der Waals surface area contributed by atoms with Gasteiger partial charge in [-0.15, -0.1) is 11.8 Å². The minimum absolute atomic E-state index is 0.849. The maximum atomic E-state index is 5.86. The lowest BCUT2D eigenvalue weighted by Gasteiger charge is -2.08. The first kappa shape index (κ1) is 12.6. The standard InChI is InChI=1S/C17H19NS/c1-12-5-8-16(18)10-17(12)19-11-13-6-7-14-3-2-4-15(14)9-13/h5-10H,2-4,11,18H2,1H3. The Bertz CT molecular complexity index is 604. The van der Waals surface area contributed by atoms with Gasteiger partial charge in [0.2, 0.25) is 0 Å². The molecule has 0 saturated carbocycles. The van der Waals surface area contributed by atoms with Gasteiger partial charge in [-0.25, -0.2) is 0 Å². The molecule has 2 aromatic rings. The van der Waals surface area contributed by atoms with Crippen LogP contribution in [0.25, 0.3) is 0 Å². The molecule has 0 unspecified atom stereocenters. The van der Waals surface area contributed by atoms with Crippen molar-refractivity contribution in [3.8, 4) is 0 Å². The zero-order chi connectivity index (χ0) is 13.2. The van der Waals surface area contributed by atoms with Crippen LogP contribution in [0.1, 0.15) is 28.7 Å². The molecule has 0 saturated heterocycles. The highest BCUT2D eigenvalue weighted by Crippen LogP contribution is 2.30. The first-order valence-electron chi connectivity index (χ1n) is 6.82. The molecule has 0 amide bonds. The molecular formula is C17H19NS. The van der Waals surface area contributed by atoms with Crippen LogP contribution < -0.4 is 5.73 Å². The van der Waals surface area contributed by atoms with E-state index in [4.69, 9.17) is 5.73 Å². The second-order valence-corrected chi connectivity index (χ2v) is 6.29. The van der Waals surface area contributed by atoms with Crippen LogP contribution in [0.3, 0.4) is 0 Å². The number of aryl methyl sites for hydroxylation is 3. The molecule has 0 bridgehead atoms. The Kier molecular flexibility index (Phi) is 3.52. The van der Waals surface area contributed by atoms with E-state index >= 15 is 0 Å². The van der Waals surface area contributed by atoms with Crippen molar-refractivity contribution in [2.24, 2.45) is 0 Å². The van der Waals surface area contributed by atoms with Crippen LogP contribution in [-0.2, 0) is 18.6 Å². The summed E-state index contributed by atoms with van der Waals surface area (Å²) in [5.74, 6) is 1.03. The number of benzene rings is 2. The maximum Gasteiger partial charge on any atom is 0.0325 e. The highest BCUT2D eigenvalue weighted by molar-refractivity contribution is 7.98. The molecule has 98 valence electrons. The van der Waals surface area contributed by atoms with E-state index in [1.807, 2.05) is 17.8 Å². The van der Waals surface area contributed by atoms with Crippen molar-refractivity contribution in [3.05, 3.63) is 58.7 Å². The molecule has 0 spiro atoms. The minimum Gasteiger partial charge on any atom is -0.399 e. The second kappa shape index (κ2) is 5.30. The number of anilines is 1. The Labute approximate surface area is 119 Å². The summed E-state index contributed by atoms with van der Waals surface area (Å²) in [4.78, 5) is 1.29. The fourth-order valence-electron chi connectivity index (χ4n) is 2.65. The molecule has 0 aromatic heterocycles. The molecule has 1 aliphatic carbocycles. The van der Waals surface area contributed by atoms with Crippen LogP contribution in [0.15, 0.2) is 41.3 Å². The van der Waals surface area contributed by atoms with Gasteiger partial charge in [-0.2, -0.15) is 0 Å². The van der Waals surface area contributed by atoms with Gasteiger partial charge in [0.15, 0.2) is 0 Å². The average Bonchev–Trinajstić information content (AvgIpc) is 2.87. The molecule has 0 aliphatic heterocycles. The van der Waals surface area contributed by atoms with Crippen LogP contribution in [0.4, 0.5) is 5.69 Å². The molecule has 2 heteroatoms. The Balaban J connectivity index is 1.74. The van der Waals surface area contributed by atoms with Crippen LogP contribution in [0.5, 0.6) is 0 Å². The van der Waals surface area contributed by atoms with Gasteiger partial charge in [-0.1, -0.05) is 24.3 Å². The minimum atomic E-state index is 0.849. The third kappa shape index (κ3) is 2.79. The largest absolute Gasteiger partial charge is 0.399 e. The molecule has 0 fully saturated rings. The summed E-state index contributed by atoms with van der Waals surface area (Å²) in [6.07, 6.45) is 3.84. The number of fused-ring (bicyclic) bond motifs is 1. The van der Waals surface area contributed by atoms with E-state index in [9.17, 15) is 0 Å². The number of hydrogen-bond donors (Lipinski definition) is 1. The molecule has 0 heterocycles. The molecule has 0 atom stereocenters. The monoisotopic (exact) mass is 269 g/mol. The molecule has 2 aromatic carbocycles. The van der Waals surface area contributed by atoms with Crippen molar-refractivity contribution in [1.29, 1.82) is 0 Å². The van der Waals surface area contributed by atoms with Crippen molar-refractivity contribution in [2.45, 2.75) is 36.8 Å².